The van der Waals surface area contributed by atoms with Crippen LogP contribution in [0.15, 0.2) is 48.7 Å². The molecule has 0 aliphatic carbocycles. The van der Waals surface area contributed by atoms with Crippen molar-refractivity contribution >= 4 is 34.9 Å². The van der Waals surface area contributed by atoms with Crippen LogP contribution >= 0.6 is 23.2 Å². The second-order valence-corrected chi connectivity index (χ2v) is 7.30. The van der Waals surface area contributed by atoms with Crippen molar-refractivity contribution in [3.63, 3.8) is 0 Å². The molecule has 0 atom stereocenters. The third-order valence-corrected chi connectivity index (χ3v) is 4.88. The molecule has 2 aromatic carbocycles. The maximum Gasteiger partial charge on any atom is 0.230 e. The van der Waals surface area contributed by atoms with Crippen molar-refractivity contribution in [2.75, 3.05) is 18.5 Å². The number of hydrogen-bond donors (Lipinski definition) is 1. The Kier molecular flexibility index (Phi) is 7.60. The van der Waals surface area contributed by atoms with Crippen molar-refractivity contribution in [2.24, 2.45) is 0 Å². The van der Waals surface area contributed by atoms with Gasteiger partial charge in [0, 0.05) is 11.2 Å². The highest BCUT2D eigenvalue weighted by molar-refractivity contribution is 6.33. The molecular formula is C22H23Cl2N3O3. The van der Waals surface area contributed by atoms with E-state index in [1.54, 1.807) is 10.9 Å². The fraction of sp³-hybridized carbons (Fsp3) is 0.273. The second-order valence-electron chi connectivity index (χ2n) is 6.49. The summed E-state index contributed by atoms with van der Waals surface area (Å²) in [6.07, 6.45) is 1.81. The lowest BCUT2D eigenvalue weighted by atomic mass is 10.1. The van der Waals surface area contributed by atoms with Gasteiger partial charge in [-0.3, -0.25) is 9.48 Å². The molecule has 3 aromatic rings. The van der Waals surface area contributed by atoms with E-state index in [1.165, 1.54) is 0 Å². The van der Waals surface area contributed by atoms with Gasteiger partial charge in [-0.2, -0.15) is 5.10 Å². The third-order valence-electron chi connectivity index (χ3n) is 4.24. The maximum atomic E-state index is 12.5. The molecule has 1 aromatic heterocycles. The van der Waals surface area contributed by atoms with E-state index in [1.807, 2.05) is 56.3 Å². The highest BCUT2D eigenvalue weighted by Crippen LogP contribution is 2.29. The number of hydrogen-bond acceptors (Lipinski definition) is 4. The summed E-state index contributed by atoms with van der Waals surface area (Å²) >= 11 is 12.5. The van der Waals surface area contributed by atoms with Crippen LogP contribution < -0.4 is 14.8 Å². The SMILES string of the molecule is CCOc1ccc(CC(=O)Nc2nn(Cc3ccccc3Cl)cc2Cl)cc1OCC. The van der Waals surface area contributed by atoms with E-state index in [-0.39, 0.29) is 12.3 Å². The molecule has 3 rings (SSSR count). The average molecular weight is 448 g/mol. The van der Waals surface area contributed by atoms with Gasteiger partial charge < -0.3 is 14.8 Å². The van der Waals surface area contributed by atoms with Crippen LogP contribution in [0, 0.1) is 0 Å². The summed E-state index contributed by atoms with van der Waals surface area (Å²) in [6, 6.07) is 13.0. The molecular weight excluding hydrogens is 425 g/mol. The number of ether oxygens (including phenoxy) is 2. The molecule has 158 valence electrons. The Balaban J connectivity index is 1.67. The second kappa shape index (κ2) is 10.4. The molecule has 0 radical (unpaired) electrons. The minimum Gasteiger partial charge on any atom is -0.490 e. The first-order chi connectivity index (χ1) is 14.5. The fourth-order valence-electron chi connectivity index (χ4n) is 2.93. The molecule has 0 bridgehead atoms. The Hall–Kier alpha value is -2.70. The molecule has 0 fully saturated rings. The van der Waals surface area contributed by atoms with Crippen LogP contribution in [0.5, 0.6) is 11.5 Å². The normalized spacial score (nSPS) is 10.7. The monoisotopic (exact) mass is 447 g/mol. The highest BCUT2D eigenvalue weighted by Gasteiger charge is 2.14. The van der Waals surface area contributed by atoms with Crippen molar-refractivity contribution in [1.29, 1.82) is 0 Å². The summed E-state index contributed by atoms with van der Waals surface area (Å²) < 4.78 is 12.8. The van der Waals surface area contributed by atoms with Gasteiger partial charge >= 0.3 is 0 Å². The Morgan fingerprint density at radius 1 is 1.03 bits per heavy atom. The number of aromatic nitrogens is 2. The molecule has 0 unspecified atom stereocenters. The van der Waals surface area contributed by atoms with Gasteiger partial charge in [-0.25, -0.2) is 0 Å². The van der Waals surface area contributed by atoms with Crippen molar-refractivity contribution in [3.8, 4) is 11.5 Å². The molecule has 0 spiro atoms. The fourth-order valence-corrected chi connectivity index (χ4v) is 3.32. The van der Waals surface area contributed by atoms with Crippen LogP contribution in [0.25, 0.3) is 0 Å². The van der Waals surface area contributed by atoms with Gasteiger partial charge in [0.05, 0.1) is 26.2 Å². The first-order valence-corrected chi connectivity index (χ1v) is 10.4. The number of halogens is 2. The lowest BCUT2D eigenvalue weighted by Crippen LogP contribution is -2.15. The number of nitrogens with one attached hydrogen (secondary N) is 1. The number of nitrogens with zero attached hydrogens (tertiary/aromatic N) is 2. The molecule has 0 saturated carbocycles. The Labute approximate surface area is 185 Å². The predicted molar refractivity (Wildman–Crippen MR) is 119 cm³/mol. The van der Waals surface area contributed by atoms with E-state index in [4.69, 9.17) is 32.7 Å². The highest BCUT2D eigenvalue weighted by atomic mass is 35.5. The summed E-state index contributed by atoms with van der Waals surface area (Å²) in [6.45, 7) is 5.30. The van der Waals surface area contributed by atoms with Crippen molar-refractivity contribution in [1.82, 2.24) is 9.78 Å². The van der Waals surface area contributed by atoms with Crippen LogP contribution in [0.1, 0.15) is 25.0 Å². The van der Waals surface area contributed by atoms with Crippen LogP contribution in [0.4, 0.5) is 5.82 Å². The molecule has 6 nitrogen and oxygen atoms in total. The van der Waals surface area contributed by atoms with Crippen LogP contribution in [-0.4, -0.2) is 28.9 Å². The molecule has 1 N–H and O–H groups in total. The van der Waals surface area contributed by atoms with Gasteiger partial charge in [0.1, 0.15) is 5.02 Å². The molecule has 0 aliphatic heterocycles. The van der Waals surface area contributed by atoms with Gasteiger partial charge in [-0.15, -0.1) is 0 Å². The number of rotatable bonds is 9. The number of carbonyl (C=O) groups excluding carboxylic acids is 1. The Morgan fingerprint density at radius 3 is 2.50 bits per heavy atom. The number of carbonyl (C=O) groups is 1. The van der Waals surface area contributed by atoms with Crippen LogP contribution in [0.3, 0.4) is 0 Å². The molecule has 8 heteroatoms. The van der Waals surface area contributed by atoms with E-state index >= 15 is 0 Å². The predicted octanol–water partition coefficient (Wildman–Crippen LogP) is 5.22. The van der Waals surface area contributed by atoms with Gasteiger partial charge in [0.25, 0.3) is 0 Å². The quantitative estimate of drug-likeness (QED) is 0.488. The first kappa shape index (κ1) is 22.0. The summed E-state index contributed by atoms with van der Waals surface area (Å²) in [4.78, 5) is 12.5. The van der Waals surface area contributed by atoms with Crippen LogP contribution in [-0.2, 0) is 17.8 Å². The standard InChI is InChI=1S/C22H23Cl2N3O3/c1-3-29-19-10-9-15(11-20(19)30-4-2)12-21(28)25-22-18(24)14-27(26-22)13-16-7-5-6-8-17(16)23/h5-11,14H,3-4,12-13H2,1-2H3,(H,25,26,28). The molecule has 1 amide bonds. The topological polar surface area (TPSA) is 65.4 Å². The average Bonchev–Trinajstić information content (AvgIpc) is 3.04. The van der Waals surface area contributed by atoms with Gasteiger partial charge in [-0.05, 0) is 43.2 Å². The zero-order valence-electron chi connectivity index (χ0n) is 16.8. The maximum absolute atomic E-state index is 12.5. The summed E-state index contributed by atoms with van der Waals surface area (Å²) in [5.74, 6) is 1.35. The van der Waals surface area contributed by atoms with E-state index < -0.39 is 0 Å². The minimum absolute atomic E-state index is 0.153. The van der Waals surface area contributed by atoms with Crippen molar-refractivity contribution in [2.45, 2.75) is 26.8 Å². The Morgan fingerprint density at radius 2 is 1.77 bits per heavy atom. The smallest absolute Gasteiger partial charge is 0.230 e. The first-order valence-electron chi connectivity index (χ1n) is 9.64. The summed E-state index contributed by atoms with van der Waals surface area (Å²) in [5, 5.41) is 8.13. The molecule has 30 heavy (non-hydrogen) atoms. The van der Waals surface area contributed by atoms with Gasteiger partial charge in [0.15, 0.2) is 17.3 Å². The van der Waals surface area contributed by atoms with Gasteiger partial charge in [0.2, 0.25) is 5.91 Å². The van der Waals surface area contributed by atoms with E-state index in [2.05, 4.69) is 10.4 Å². The number of benzene rings is 2. The van der Waals surface area contributed by atoms with E-state index in [9.17, 15) is 4.79 Å². The largest absolute Gasteiger partial charge is 0.490 e. The lowest BCUT2D eigenvalue weighted by Gasteiger charge is -2.12. The lowest BCUT2D eigenvalue weighted by molar-refractivity contribution is -0.115. The summed E-state index contributed by atoms with van der Waals surface area (Å²) in [5.41, 5.74) is 1.71. The molecule has 1 heterocycles. The molecule has 0 aliphatic rings. The Bertz CT molecular complexity index is 1020. The van der Waals surface area contributed by atoms with Crippen molar-refractivity contribution < 1.29 is 14.3 Å². The summed E-state index contributed by atoms with van der Waals surface area (Å²) in [7, 11) is 0. The van der Waals surface area contributed by atoms with E-state index in [0.29, 0.717) is 47.1 Å². The van der Waals surface area contributed by atoms with Crippen LogP contribution in [0.2, 0.25) is 10.0 Å². The number of amides is 1. The third kappa shape index (κ3) is 5.68. The minimum atomic E-state index is -0.230. The van der Waals surface area contributed by atoms with Crippen molar-refractivity contribution in [3.05, 3.63) is 69.8 Å². The molecule has 0 saturated heterocycles. The van der Waals surface area contributed by atoms with Gasteiger partial charge in [-0.1, -0.05) is 47.5 Å². The van der Waals surface area contributed by atoms with E-state index in [0.717, 1.165) is 11.1 Å². The number of anilines is 1. The zero-order valence-corrected chi connectivity index (χ0v) is 18.3. The zero-order chi connectivity index (χ0) is 21.5.